The number of rotatable bonds is 4. The van der Waals surface area contributed by atoms with Crippen LogP contribution in [-0.2, 0) is 9.53 Å². The predicted molar refractivity (Wildman–Crippen MR) is 87.1 cm³/mol. The van der Waals surface area contributed by atoms with Gasteiger partial charge in [-0.25, -0.2) is 4.39 Å². The molecule has 2 aliphatic rings. The molecule has 1 N–H and O–H groups in total. The lowest BCUT2D eigenvalue weighted by molar-refractivity contribution is -0.145. The summed E-state index contributed by atoms with van der Waals surface area (Å²) in [6, 6.07) is 4.31. The van der Waals surface area contributed by atoms with Crippen LogP contribution in [0.5, 0.6) is 5.75 Å². The molecule has 2 saturated heterocycles. The Labute approximate surface area is 145 Å². The van der Waals surface area contributed by atoms with E-state index < -0.39 is 23.6 Å². The van der Waals surface area contributed by atoms with Crippen molar-refractivity contribution in [2.45, 2.75) is 25.4 Å². The zero-order valence-electron chi connectivity index (χ0n) is 14.1. The third kappa shape index (κ3) is 3.46. The lowest BCUT2D eigenvalue weighted by Crippen LogP contribution is -2.43. The molecule has 1 unspecified atom stereocenters. The number of amides is 1. The first-order chi connectivity index (χ1) is 12.0. The highest BCUT2D eigenvalue weighted by atomic mass is 19.1. The van der Waals surface area contributed by atoms with Gasteiger partial charge >= 0.3 is 5.97 Å². The quantitative estimate of drug-likeness (QED) is 0.900. The van der Waals surface area contributed by atoms with Gasteiger partial charge in [0.15, 0.2) is 0 Å². The molecule has 2 atom stereocenters. The molecule has 0 aliphatic carbocycles. The standard InChI is InChI=1S/C18H22FNO5/c1-24-14-4-2-3-13(19)15(14)17(21)20-8-5-11(6-9-20)16-12(18(22)23)7-10-25-16/h2-4,11-12,16H,5-10H2,1H3,(H,22,23)/t12?,16-/m0/s1. The zero-order chi connectivity index (χ0) is 18.0. The third-order valence-electron chi connectivity index (χ3n) is 5.15. The molecule has 0 radical (unpaired) electrons. The van der Waals surface area contributed by atoms with Gasteiger partial charge in [0.25, 0.3) is 5.91 Å². The molecular formula is C18H22FNO5. The Bertz CT molecular complexity index is 657. The van der Waals surface area contributed by atoms with Crippen molar-refractivity contribution < 1.29 is 28.6 Å². The van der Waals surface area contributed by atoms with Crippen LogP contribution < -0.4 is 4.74 Å². The molecule has 6 nitrogen and oxygen atoms in total. The predicted octanol–water partition coefficient (Wildman–Crippen LogP) is 2.18. The van der Waals surface area contributed by atoms with E-state index in [0.717, 1.165) is 0 Å². The molecule has 1 amide bonds. The van der Waals surface area contributed by atoms with E-state index in [-0.39, 0.29) is 23.3 Å². The lowest BCUT2D eigenvalue weighted by atomic mass is 9.84. The molecule has 3 rings (SSSR count). The van der Waals surface area contributed by atoms with Gasteiger partial charge in [-0.1, -0.05) is 6.07 Å². The van der Waals surface area contributed by atoms with E-state index in [1.807, 2.05) is 0 Å². The molecule has 2 heterocycles. The highest BCUT2D eigenvalue weighted by Gasteiger charge is 2.41. The van der Waals surface area contributed by atoms with Crippen molar-refractivity contribution in [2.75, 3.05) is 26.8 Å². The number of likely N-dealkylation sites (tertiary alicyclic amines) is 1. The summed E-state index contributed by atoms with van der Waals surface area (Å²) in [6.45, 7) is 1.37. The Morgan fingerprint density at radius 2 is 2.00 bits per heavy atom. The Morgan fingerprint density at radius 1 is 1.28 bits per heavy atom. The molecule has 136 valence electrons. The second-order valence-electron chi connectivity index (χ2n) is 6.52. The van der Waals surface area contributed by atoms with Crippen LogP contribution in [0.4, 0.5) is 4.39 Å². The number of carboxylic acid groups (broad SMARTS) is 1. The first kappa shape index (κ1) is 17.7. The Kier molecular flexibility index (Phi) is 5.22. The molecule has 0 saturated carbocycles. The van der Waals surface area contributed by atoms with Gasteiger partial charge in [-0.2, -0.15) is 0 Å². The van der Waals surface area contributed by atoms with Crippen LogP contribution in [0.2, 0.25) is 0 Å². The summed E-state index contributed by atoms with van der Waals surface area (Å²) in [4.78, 5) is 25.6. The monoisotopic (exact) mass is 351 g/mol. The Balaban J connectivity index is 1.67. The number of methoxy groups -OCH3 is 1. The molecular weight excluding hydrogens is 329 g/mol. The van der Waals surface area contributed by atoms with E-state index >= 15 is 0 Å². The van der Waals surface area contributed by atoms with Crippen molar-refractivity contribution in [3.05, 3.63) is 29.6 Å². The number of ether oxygens (including phenoxy) is 2. The minimum atomic E-state index is -0.822. The van der Waals surface area contributed by atoms with Gasteiger partial charge in [0.05, 0.1) is 19.1 Å². The maximum absolute atomic E-state index is 14.1. The topological polar surface area (TPSA) is 76.1 Å². The van der Waals surface area contributed by atoms with Gasteiger partial charge in [-0.3, -0.25) is 9.59 Å². The van der Waals surface area contributed by atoms with Gasteiger partial charge in [0.1, 0.15) is 17.1 Å². The maximum Gasteiger partial charge on any atom is 0.309 e. The van der Waals surface area contributed by atoms with Crippen molar-refractivity contribution in [3.63, 3.8) is 0 Å². The number of benzene rings is 1. The van der Waals surface area contributed by atoms with E-state index in [9.17, 15) is 19.1 Å². The molecule has 2 fully saturated rings. The second kappa shape index (κ2) is 7.39. The average Bonchev–Trinajstić information content (AvgIpc) is 3.11. The van der Waals surface area contributed by atoms with E-state index in [4.69, 9.17) is 9.47 Å². The number of carbonyl (C=O) groups excluding carboxylic acids is 1. The highest BCUT2D eigenvalue weighted by molar-refractivity contribution is 5.97. The van der Waals surface area contributed by atoms with E-state index in [1.54, 1.807) is 11.0 Å². The molecule has 0 aromatic heterocycles. The molecule has 0 spiro atoms. The van der Waals surface area contributed by atoms with Gasteiger partial charge in [0, 0.05) is 19.7 Å². The Hall–Kier alpha value is -2.15. The van der Waals surface area contributed by atoms with Crippen LogP contribution in [-0.4, -0.2) is 54.8 Å². The fraction of sp³-hybridized carbons (Fsp3) is 0.556. The number of piperidine rings is 1. The van der Waals surface area contributed by atoms with Crippen LogP contribution in [0.15, 0.2) is 18.2 Å². The SMILES string of the molecule is COc1cccc(F)c1C(=O)N1CCC([C@@H]2OCCC2C(=O)O)CC1. The summed E-state index contributed by atoms with van der Waals surface area (Å²) < 4.78 is 24.8. The molecule has 2 aliphatic heterocycles. The molecule has 1 aromatic carbocycles. The number of aliphatic carboxylic acids is 1. The second-order valence-corrected chi connectivity index (χ2v) is 6.52. The zero-order valence-corrected chi connectivity index (χ0v) is 14.1. The number of carbonyl (C=O) groups is 2. The van der Waals surface area contributed by atoms with Crippen molar-refractivity contribution >= 4 is 11.9 Å². The minimum absolute atomic E-state index is 0.0519. The van der Waals surface area contributed by atoms with Crippen LogP contribution >= 0.6 is 0 Å². The van der Waals surface area contributed by atoms with Crippen LogP contribution in [0.25, 0.3) is 0 Å². The minimum Gasteiger partial charge on any atom is -0.496 e. The van der Waals surface area contributed by atoms with Crippen molar-refractivity contribution in [1.82, 2.24) is 4.90 Å². The van der Waals surface area contributed by atoms with Crippen molar-refractivity contribution in [2.24, 2.45) is 11.8 Å². The molecule has 7 heteroatoms. The summed E-state index contributed by atoms with van der Waals surface area (Å²) in [6.07, 6.45) is 1.54. The fourth-order valence-corrected chi connectivity index (χ4v) is 3.81. The number of halogens is 1. The van der Waals surface area contributed by atoms with Gasteiger partial charge in [-0.05, 0) is 37.3 Å². The normalized spacial score (nSPS) is 24.3. The number of carboxylic acids is 1. The first-order valence-electron chi connectivity index (χ1n) is 8.49. The van der Waals surface area contributed by atoms with E-state index in [2.05, 4.69) is 0 Å². The molecule has 1 aromatic rings. The highest BCUT2D eigenvalue weighted by Crippen LogP contribution is 2.34. The number of hydrogen-bond donors (Lipinski definition) is 1. The van der Waals surface area contributed by atoms with E-state index in [1.165, 1.54) is 19.2 Å². The molecule has 0 bridgehead atoms. The van der Waals surface area contributed by atoms with Crippen LogP contribution in [0, 0.1) is 17.7 Å². The van der Waals surface area contributed by atoms with Gasteiger partial charge in [-0.15, -0.1) is 0 Å². The van der Waals surface area contributed by atoms with Gasteiger partial charge in [0.2, 0.25) is 0 Å². The molecule has 25 heavy (non-hydrogen) atoms. The van der Waals surface area contributed by atoms with Crippen molar-refractivity contribution in [1.29, 1.82) is 0 Å². The van der Waals surface area contributed by atoms with E-state index in [0.29, 0.717) is 39.0 Å². The summed E-state index contributed by atoms with van der Waals surface area (Å²) in [5, 5.41) is 9.29. The summed E-state index contributed by atoms with van der Waals surface area (Å²) >= 11 is 0. The maximum atomic E-state index is 14.1. The summed E-state index contributed by atoms with van der Waals surface area (Å²) in [7, 11) is 1.40. The Morgan fingerprint density at radius 3 is 2.64 bits per heavy atom. The third-order valence-corrected chi connectivity index (χ3v) is 5.15. The lowest BCUT2D eigenvalue weighted by Gasteiger charge is -2.35. The summed E-state index contributed by atoms with van der Waals surface area (Å²) in [5.41, 5.74) is -0.0519. The smallest absolute Gasteiger partial charge is 0.309 e. The number of hydrogen-bond acceptors (Lipinski definition) is 4. The fourth-order valence-electron chi connectivity index (χ4n) is 3.81. The largest absolute Gasteiger partial charge is 0.496 e. The summed E-state index contributed by atoms with van der Waals surface area (Å²) in [5.74, 6) is -1.96. The van der Waals surface area contributed by atoms with Crippen molar-refractivity contribution in [3.8, 4) is 5.75 Å². The average molecular weight is 351 g/mol. The van der Waals surface area contributed by atoms with Crippen LogP contribution in [0.3, 0.4) is 0 Å². The first-order valence-corrected chi connectivity index (χ1v) is 8.49. The van der Waals surface area contributed by atoms with Gasteiger partial charge < -0.3 is 19.5 Å². The number of nitrogens with zero attached hydrogens (tertiary/aromatic N) is 1. The van der Waals surface area contributed by atoms with Crippen LogP contribution in [0.1, 0.15) is 29.6 Å².